The van der Waals surface area contributed by atoms with Crippen molar-refractivity contribution < 1.29 is 31.9 Å². The monoisotopic (exact) mass is 389 g/mol. The predicted octanol–water partition coefficient (Wildman–Crippen LogP) is 3.97. The molecule has 3 rings (SSSR count). The number of ketones is 1. The molecule has 0 spiro atoms. The Kier molecular flexibility index (Phi) is 8.04. The van der Waals surface area contributed by atoms with Crippen LogP contribution in [0.3, 0.4) is 0 Å². The number of benzene rings is 1. The number of carbonyl (C=O) groups is 1. The summed E-state index contributed by atoms with van der Waals surface area (Å²) in [5, 5.41) is 20.6. The van der Waals surface area contributed by atoms with E-state index in [2.05, 4.69) is 11.8 Å². The molecule has 1 N–H and O–H groups in total. The van der Waals surface area contributed by atoms with Crippen LogP contribution in [0.2, 0.25) is 0 Å². The van der Waals surface area contributed by atoms with Crippen molar-refractivity contribution in [2.75, 3.05) is 0 Å². The van der Waals surface area contributed by atoms with Crippen molar-refractivity contribution >= 4 is 11.5 Å². The second kappa shape index (κ2) is 10.00. The smallest absolute Gasteiger partial charge is 0.502 e. The minimum atomic E-state index is -0.732. The summed E-state index contributed by atoms with van der Waals surface area (Å²) < 4.78 is 0. The summed E-state index contributed by atoms with van der Waals surface area (Å²) in [6.45, 7) is 1.61. The Morgan fingerprint density at radius 2 is 1.88 bits per heavy atom. The zero-order valence-corrected chi connectivity index (χ0v) is 14.9. The third kappa shape index (κ3) is 5.75. The van der Waals surface area contributed by atoms with Crippen molar-refractivity contribution in [3.05, 3.63) is 93.5 Å². The normalized spacial score (nSPS) is 8.96. The molecule has 0 unspecified atom stereocenters. The number of aryl methyl sites for hydroxylation is 1. The summed E-state index contributed by atoms with van der Waals surface area (Å²) >= 11 is 0. The molecule has 6 heteroatoms. The zero-order valence-electron chi connectivity index (χ0n) is 13.8. The van der Waals surface area contributed by atoms with Gasteiger partial charge in [0, 0.05) is 6.07 Å². The molecule has 0 aromatic heterocycles. The summed E-state index contributed by atoms with van der Waals surface area (Å²) in [7, 11) is 0. The van der Waals surface area contributed by atoms with E-state index in [1.165, 1.54) is 12.1 Å². The van der Waals surface area contributed by atoms with E-state index in [1.54, 1.807) is 31.2 Å². The molecule has 0 aliphatic heterocycles. The summed E-state index contributed by atoms with van der Waals surface area (Å²) in [4.78, 5) is 22.0. The summed E-state index contributed by atoms with van der Waals surface area (Å²) in [6.07, 6.45) is 0. The molecule has 0 saturated carbocycles. The molecule has 0 amide bonds. The van der Waals surface area contributed by atoms with E-state index in [1.807, 2.05) is 30.3 Å². The van der Waals surface area contributed by atoms with Crippen LogP contribution < -0.4 is 0 Å². The number of phenolic OH excluding ortho intramolecular Hbond substituents is 1. The number of nitro benzene ring substituents is 1. The van der Waals surface area contributed by atoms with Gasteiger partial charge in [0.05, 0.1) is 10.5 Å². The fraction of sp³-hybridized carbons (Fsp3) is 0.0500. The number of Topliss-reactive ketones (excluding diaryl/α,β-unsaturated/α-hetero) is 1. The fourth-order valence-corrected chi connectivity index (χ4v) is 2.05. The van der Waals surface area contributed by atoms with Gasteiger partial charge in [0.1, 0.15) is 0 Å². The van der Waals surface area contributed by atoms with Crippen molar-refractivity contribution in [3.63, 3.8) is 0 Å². The van der Waals surface area contributed by atoms with E-state index in [4.69, 9.17) is 0 Å². The van der Waals surface area contributed by atoms with Gasteiger partial charge in [-0.25, -0.2) is 12.1 Å². The molecule has 0 saturated heterocycles. The molecule has 0 aliphatic rings. The second-order valence-corrected chi connectivity index (χ2v) is 5.15. The van der Waals surface area contributed by atoms with Crippen LogP contribution in [0.25, 0.3) is 0 Å². The van der Waals surface area contributed by atoms with Crippen molar-refractivity contribution in [3.8, 4) is 17.6 Å². The Bertz CT molecular complexity index is 900. The number of hydrogen-bond acceptors (Lipinski definition) is 4. The van der Waals surface area contributed by atoms with Crippen LogP contribution in [0.1, 0.15) is 21.5 Å². The summed E-state index contributed by atoms with van der Waals surface area (Å²) in [6, 6.07) is 19.6. The minimum absolute atomic E-state index is 0. The quantitative estimate of drug-likeness (QED) is 0.180. The third-order valence-corrected chi connectivity index (χ3v) is 3.21. The molecule has 132 valence electrons. The van der Waals surface area contributed by atoms with Gasteiger partial charge in [0.15, 0.2) is 0 Å². The van der Waals surface area contributed by atoms with Crippen molar-refractivity contribution in [1.29, 1.82) is 0 Å². The van der Waals surface area contributed by atoms with Gasteiger partial charge in [-0.05, 0) is 18.6 Å². The molecule has 0 fully saturated rings. The molecule has 26 heavy (non-hydrogen) atoms. The number of rotatable bonds is 2. The maximum Gasteiger partial charge on any atom is 2.00 e. The van der Waals surface area contributed by atoms with Gasteiger partial charge in [-0.2, -0.15) is 42.3 Å². The van der Waals surface area contributed by atoms with Gasteiger partial charge in [-0.1, -0.05) is 5.92 Å². The Hall–Kier alpha value is -3.13. The molecule has 0 atom stereocenters. The van der Waals surface area contributed by atoms with Crippen molar-refractivity contribution in [2.24, 2.45) is 0 Å². The Morgan fingerprint density at radius 3 is 2.38 bits per heavy atom. The molecule has 0 heterocycles. The maximum absolute atomic E-state index is 11.9. The largest absolute Gasteiger partial charge is 2.00 e. The summed E-state index contributed by atoms with van der Waals surface area (Å²) in [5.74, 6) is 3.69. The molecule has 3 aromatic carbocycles. The van der Waals surface area contributed by atoms with Crippen LogP contribution in [-0.2, 0) is 17.1 Å². The zero-order chi connectivity index (χ0) is 18.2. The van der Waals surface area contributed by atoms with E-state index in [0.29, 0.717) is 11.1 Å². The molecular weight excluding hydrogens is 374 g/mol. The van der Waals surface area contributed by atoms with Crippen molar-refractivity contribution in [1.82, 2.24) is 0 Å². The molecule has 5 nitrogen and oxygen atoms in total. The van der Waals surface area contributed by atoms with E-state index >= 15 is 0 Å². The minimum Gasteiger partial charge on any atom is -0.502 e. The van der Waals surface area contributed by atoms with Crippen LogP contribution in [0.5, 0.6) is 5.75 Å². The van der Waals surface area contributed by atoms with Crippen LogP contribution >= 0.6 is 0 Å². The number of phenols is 1. The van der Waals surface area contributed by atoms with Gasteiger partial charge in [-0.3, -0.25) is 14.9 Å². The first-order valence-corrected chi connectivity index (χ1v) is 7.42. The topological polar surface area (TPSA) is 80.4 Å². The SMILES string of the molecule is Cc1cc(C(=O)C#Cc2ccc[cH-]2)c(O)c([N+](=O)[O-])c1.[Fe+2].c1cc[cH-]c1. The number of nitrogens with zero attached hydrogens (tertiary/aromatic N) is 1. The van der Waals surface area contributed by atoms with Crippen LogP contribution in [0.4, 0.5) is 5.69 Å². The van der Waals surface area contributed by atoms with Gasteiger partial charge in [0.25, 0.3) is 0 Å². The number of hydrogen-bond donors (Lipinski definition) is 1. The van der Waals surface area contributed by atoms with Crippen molar-refractivity contribution in [2.45, 2.75) is 6.92 Å². The molecular formula is C20H15FeNO4. The average molecular weight is 389 g/mol. The molecule has 0 bridgehead atoms. The average Bonchev–Trinajstić information content (AvgIpc) is 3.30. The fourth-order valence-electron chi connectivity index (χ4n) is 2.05. The summed E-state index contributed by atoms with van der Waals surface area (Å²) in [5.41, 5.74) is 0.521. The van der Waals surface area contributed by atoms with Gasteiger partial charge in [0.2, 0.25) is 11.5 Å². The van der Waals surface area contributed by atoms with Crippen LogP contribution in [-0.4, -0.2) is 15.8 Å². The molecule has 0 radical (unpaired) electrons. The maximum atomic E-state index is 11.9. The molecule has 0 aliphatic carbocycles. The van der Waals surface area contributed by atoms with Crippen LogP contribution in [0.15, 0.2) is 66.7 Å². The standard InChI is InChI=1S/C15H10NO4.C5H5.Fe/c1-10-8-12(15(18)13(9-10)16(19)20)14(17)7-6-11-4-2-3-5-11;1-2-4-5-3-1;/h2-5,8-9,18H,1H3;1-5H;/q2*-1;+2. The van der Waals surface area contributed by atoms with Gasteiger partial charge in [-0.15, -0.1) is 11.6 Å². The second-order valence-electron chi connectivity index (χ2n) is 5.15. The van der Waals surface area contributed by atoms with E-state index in [0.717, 1.165) is 0 Å². The Labute approximate surface area is 161 Å². The number of nitro groups is 1. The number of carbonyl (C=O) groups excluding carboxylic acids is 1. The number of aromatic hydroxyl groups is 1. The first-order valence-electron chi connectivity index (χ1n) is 7.42. The van der Waals surface area contributed by atoms with Gasteiger partial charge < -0.3 is 5.11 Å². The Morgan fingerprint density at radius 1 is 1.19 bits per heavy atom. The van der Waals surface area contributed by atoms with E-state index in [-0.39, 0.29) is 22.6 Å². The molecule has 3 aromatic rings. The Balaban J connectivity index is 0.000000486. The first-order chi connectivity index (χ1) is 12.0. The van der Waals surface area contributed by atoms with E-state index < -0.39 is 22.1 Å². The van der Waals surface area contributed by atoms with Crippen LogP contribution in [0, 0.1) is 28.9 Å². The van der Waals surface area contributed by atoms with Gasteiger partial charge >= 0.3 is 22.8 Å². The predicted molar refractivity (Wildman–Crippen MR) is 94.8 cm³/mol. The third-order valence-electron chi connectivity index (χ3n) is 3.21. The first kappa shape index (κ1) is 20.9. The van der Waals surface area contributed by atoms with E-state index in [9.17, 15) is 20.0 Å².